The van der Waals surface area contributed by atoms with Crippen LogP contribution in [-0.4, -0.2) is 5.91 Å². The van der Waals surface area contributed by atoms with Crippen molar-refractivity contribution in [2.75, 3.05) is 5.43 Å². The Hall–Kier alpha value is -3.05. The van der Waals surface area contributed by atoms with Crippen LogP contribution in [0.5, 0.6) is 0 Å². The Morgan fingerprint density at radius 1 is 1.08 bits per heavy atom. The zero-order valence-electron chi connectivity index (χ0n) is 13.0. The topological polar surface area (TPSA) is 54.3 Å². The minimum Gasteiger partial charge on any atom is -0.457 e. The molecule has 25 heavy (non-hydrogen) atoms. The Bertz CT molecular complexity index is 921. The number of halogens is 2. The molecule has 4 nitrogen and oxygen atoms in total. The molecule has 3 rings (SSSR count). The first-order chi connectivity index (χ1) is 12.1. The van der Waals surface area contributed by atoms with Crippen molar-refractivity contribution in [2.24, 2.45) is 0 Å². The van der Waals surface area contributed by atoms with Crippen LogP contribution in [-0.2, 0) is 4.79 Å². The van der Waals surface area contributed by atoms with E-state index in [1.54, 1.807) is 54.6 Å². The lowest BCUT2D eigenvalue weighted by Crippen LogP contribution is -2.27. The Morgan fingerprint density at radius 2 is 1.92 bits per heavy atom. The Morgan fingerprint density at radius 3 is 2.72 bits per heavy atom. The van der Waals surface area contributed by atoms with E-state index in [4.69, 9.17) is 16.0 Å². The molecule has 1 aromatic heterocycles. The van der Waals surface area contributed by atoms with E-state index < -0.39 is 0 Å². The summed E-state index contributed by atoms with van der Waals surface area (Å²) in [5.41, 5.74) is 6.28. The molecule has 3 aromatic rings. The molecule has 2 aromatic carbocycles. The van der Waals surface area contributed by atoms with Gasteiger partial charge in [-0.3, -0.25) is 15.6 Å². The van der Waals surface area contributed by atoms with Crippen LogP contribution >= 0.6 is 11.6 Å². The van der Waals surface area contributed by atoms with Crippen LogP contribution in [0.4, 0.5) is 10.1 Å². The van der Waals surface area contributed by atoms with Crippen LogP contribution in [0.1, 0.15) is 5.76 Å². The smallest absolute Gasteiger partial charge is 0.262 e. The van der Waals surface area contributed by atoms with Gasteiger partial charge in [-0.05, 0) is 48.5 Å². The number of hydrogen-bond donors (Lipinski definition) is 2. The van der Waals surface area contributed by atoms with Gasteiger partial charge < -0.3 is 4.42 Å². The third kappa shape index (κ3) is 4.49. The van der Waals surface area contributed by atoms with Crippen molar-refractivity contribution < 1.29 is 13.6 Å². The summed E-state index contributed by atoms with van der Waals surface area (Å²) < 4.78 is 19.3. The Balaban J connectivity index is 1.60. The van der Waals surface area contributed by atoms with Crippen molar-refractivity contribution in [3.63, 3.8) is 0 Å². The van der Waals surface area contributed by atoms with Crippen LogP contribution < -0.4 is 10.9 Å². The van der Waals surface area contributed by atoms with Crippen LogP contribution in [0.25, 0.3) is 17.4 Å². The van der Waals surface area contributed by atoms with Gasteiger partial charge >= 0.3 is 0 Å². The van der Waals surface area contributed by atoms with Gasteiger partial charge in [0.2, 0.25) is 0 Å². The maximum absolute atomic E-state index is 13.7. The lowest BCUT2D eigenvalue weighted by Gasteiger charge is -2.06. The summed E-state index contributed by atoms with van der Waals surface area (Å²) in [6.45, 7) is 0. The molecule has 0 saturated carbocycles. The molecule has 0 atom stereocenters. The second-order valence-corrected chi connectivity index (χ2v) is 5.58. The highest BCUT2D eigenvalue weighted by atomic mass is 35.5. The summed E-state index contributed by atoms with van der Waals surface area (Å²) in [6, 6.07) is 16.6. The highest BCUT2D eigenvalue weighted by Gasteiger charge is 2.08. The number of anilines is 1. The zero-order chi connectivity index (χ0) is 17.6. The quantitative estimate of drug-likeness (QED) is 0.505. The maximum Gasteiger partial charge on any atom is 0.262 e. The van der Waals surface area contributed by atoms with Crippen molar-refractivity contribution in [1.82, 2.24) is 5.43 Å². The first-order valence-electron chi connectivity index (χ1n) is 7.46. The van der Waals surface area contributed by atoms with Gasteiger partial charge in [-0.1, -0.05) is 29.8 Å². The third-order valence-electron chi connectivity index (χ3n) is 3.32. The number of carbonyl (C=O) groups is 1. The molecule has 6 heteroatoms. The molecule has 0 aliphatic heterocycles. The molecule has 0 spiro atoms. The van der Waals surface area contributed by atoms with Crippen molar-refractivity contribution in [1.29, 1.82) is 0 Å². The molecule has 126 valence electrons. The number of carbonyl (C=O) groups excluding carboxylic acids is 1. The normalized spacial score (nSPS) is 10.8. The molecule has 0 aliphatic rings. The fourth-order valence-electron chi connectivity index (χ4n) is 2.15. The van der Waals surface area contributed by atoms with Crippen LogP contribution in [0.15, 0.2) is 71.2 Å². The fourth-order valence-corrected chi connectivity index (χ4v) is 2.34. The Labute approximate surface area is 148 Å². The molecule has 0 radical (unpaired) electrons. The van der Waals surface area contributed by atoms with Crippen molar-refractivity contribution >= 4 is 29.3 Å². The number of furan rings is 1. The van der Waals surface area contributed by atoms with Crippen molar-refractivity contribution in [3.05, 3.63) is 83.3 Å². The van der Waals surface area contributed by atoms with E-state index in [-0.39, 0.29) is 11.7 Å². The molecule has 1 heterocycles. The van der Waals surface area contributed by atoms with Crippen molar-refractivity contribution in [3.8, 4) is 11.3 Å². The van der Waals surface area contributed by atoms with Gasteiger partial charge in [0.25, 0.3) is 5.91 Å². The summed E-state index contributed by atoms with van der Waals surface area (Å²) in [4.78, 5) is 11.8. The van der Waals surface area contributed by atoms with Crippen molar-refractivity contribution in [2.45, 2.75) is 0 Å². The van der Waals surface area contributed by atoms with Gasteiger partial charge in [0, 0.05) is 11.1 Å². The van der Waals surface area contributed by atoms with Crippen LogP contribution in [0, 0.1) is 5.82 Å². The average molecular weight is 357 g/mol. The number of hydrazine groups is 1. The van der Waals surface area contributed by atoms with E-state index in [0.29, 0.717) is 27.8 Å². The molecule has 0 unspecified atom stereocenters. The molecule has 0 bridgehead atoms. The lowest BCUT2D eigenvalue weighted by atomic mass is 10.1. The number of hydrogen-bond acceptors (Lipinski definition) is 3. The predicted molar refractivity (Wildman–Crippen MR) is 96.4 cm³/mol. The first-order valence-corrected chi connectivity index (χ1v) is 7.84. The monoisotopic (exact) mass is 356 g/mol. The zero-order valence-corrected chi connectivity index (χ0v) is 13.8. The highest BCUT2D eigenvalue weighted by molar-refractivity contribution is 6.30. The van der Waals surface area contributed by atoms with E-state index in [1.807, 2.05) is 0 Å². The van der Waals surface area contributed by atoms with E-state index in [0.717, 1.165) is 0 Å². The number of amides is 1. The summed E-state index contributed by atoms with van der Waals surface area (Å²) in [5, 5.41) is 0.561. The highest BCUT2D eigenvalue weighted by Crippen LogP contribution is 2.25. The first kappa shape index (κ1) is 16.8. The molecular weight excluding hydrogens is 343 g/mol. The van der Waals surface area contributed by atoms with Gasteiger partial charge in [0.05, 0.1) is 11.3 Å². The van der Waals surface area contributed by atoms with Gasteiger partial charge in [-0.25, -0.2) is 4.39 Å². The average Bonchev–Trinajstić information content (AvgIpc) is 3.07. The largest absolute Gasteiger partial charge is 0.457 e. The molecule has 2 N–H and O–H groups in total. The second kappa shape index (κ2) is 7.68. The van der Waals surface area contributed by atoms with Crippen LogP contribution in [0.3, 0.4) is 0 Å². The SMILES string of the molecule is O=C(/C=C/c1ccc(-c2ccccc2F)o1)NNc1cccc(Cl)c1. The predicted octanol–water partition coefficient (Wildman–Crippen LogP) is 4.90. The molecule has 1 amide bonds. The van der Waals surface area contributed by atoms with Gasteiger partial charge in [0.1, 0.15) is 17.3 Å². The molecular formula is C19H14ClFN2O2. The number of nitrogens with one attached hydrogen (secondary N) is 2. The third-order valence-corrected chi connectivity index (χ3v) is 3.55. The fraction of sp³-hybridized carbons (Fsp3) is 0. The summed E-state index contributed by atoms with van der Waals surface area (Å²) in [6.07, 6.45) is 2.81. The minimum atomic E-state index is -0.371. The van der Waals surface area contributed by atoms with Gasteiger partial charge in [-0.2, -0.15) is 0 Å². The van der Waals surface area contributed by atoms with Gasteiger partial charge in [0.15, 0.2) is 0 Å². The lowest BCUT2D eigenvalue weighted by molar-refractivity contribution is -0.116. The minimum absolute atomic E-state index is 0.365. The second-order valence-electron chi connectivity index (χ2n) is 5.14. The van der Waals surface area contributed by atoms with E-state index in [2.05, 4.69) is 10.9 Å². The number of rotatable bonds is 5. The van der Waals surface area contributed by atoms with Crippen LogP contribution in [0.2, 0.25) is 5.02 Å². The standard InChI is InChI=1S/C19H14ClFN2O2/c20-13-4-3-5-14(12-13)22-23-19(24)11-9-15-8-10-18(25-15)16-6-1-2-7-17(16)21/h1-12,22H,(H,23,24)/b11-9+. The summed E-state index contributed by atoms with van der Waals surface area (Å²) >= 11 is 5.86. The summed E-state index contributed by atoms with van der Waals surface area (Å²) in [5.74, 6) is 0.103. The summed E-state index contributed by atoms with van der Waals surface area (Å²) in [7, 11) is 0. The Kier molecular flexibility index (Phi) is 5.16. The van der Waals surface area contributed by atoms with E-state index in [9.17, 15) is 9.18 Å². The van der Waals surface area contributed by atoms with Gasteiger partial charge in [-0.15, -0.1) is 0 Å². The molecule has 0 saturated heterocycles. The molecule has 0 aliphatic carbocycles. The van der Waals surface area contributed by atoms with E-state index in [1.165, 1.54) is 18.2 Å². The maximum atomic E-state index is 13.7. The number of benzene rings is 2. The molecule has 0 fully saturated rings. The van der Waals surface area contributed by atoms with E-state index >= 15 is 0 Å².